The Hall–Kier alpha value is -0.900. The second-order valence-electron chi connectivity index (χ2n) is 3.32. The van der Waals surface area contributed by atoms with Gasteiger partial charge in [0.1, 0.15) is 0 Å². The molecule has 0 aliphatic rings. The molecule has 0 spiro atoms. The number of hydrogen-bond acceptors (Lipinski definition) is 3. The Bertz CT molecular complexity index is 467. The first-order chi connectivity index (χ1) is 7.18. The average Bonchev–Trinajstić information content (AvgIpc) is 2.65. The van der Waals surface area contributed by atoms with Gasteiger partial charge in [-0.05, 0) is 30.7 Å². The molecule has 15 heavy (non-hydrogen) atoms. The molecule has 2 aromatic heterocycles. The summed E-state index contributed by atoms with van der Waals surface area (Å²) in [6.45, 7) is 2.06. The number of hydrogen-bond donors (Lipinski definition) is 1. The van der Waals surface area contributed by atoms with Crippen molar-refractivity contribution in [2.45, 2.75) is 13.0 Å². The minimum Gasteiger partial charge on any atom is -0.320 e. The Morgan fingerprint density at radius 3 is 2.80 bits per heavy atom. The summed E-state index contributed by atoms with van der Waals surface area (Å²) >= 11 is 7.73. The van der Waals surface area contributed by atoms with Crippen LogP contribution in [0.3, 0.4) is 0 Å². The van der Waals surface area contributed by atoms with E-state index in [-0.39, 0.29) is 6.04 Å². The molecule has 0 radical (unpaired) electrons. The molecule has 1 atom stereocenters. The van der Waals surface area contributed by atoms with Crippen LogP contribution in [-0.2, 0) is 0 Å². The van der Waals surface area contributed by atoms with Crippen molar-refractivity contribution in [3.63, 3.8) is 0 Å². The molecule has 2 heterocycles. The van der Waals surface area contributed by atoms with E-state index in [0.717, 1.165) is 10.4 Å². The smallest absolute Gasteiger partial charge is 0.0661 e. The molecule has 2 rings (SSSR count). The second-order valence-corrected chi connectivity index (χ2v) is 5.05. The predicted octanol–water partition coefficient (Wildman–Crippen LogP) is 3.15. The summed E-state index contributed by atoms with van der Waals surface area (Å²) in [5.74, 6) is 0. The van der Waals surface area contributed by atoms with E-state index >= 15 is 0 Å². The summed E-state index contributed by atoms with van der Waals surface area (Å²) < 4.78 is 0. The number of nitrogens with two attached hydrogens (primary N) is 1. The maximum absolute atomic E-state index is 6.13. The molecular formula is C11H11ClN2S. The Morgan fingerprint density at radius 1 is 1.40 bits per heavy atom. The van der Waals surface area contributed by atoms with Crippen molar-refractivity contribution < 1.29 is 0 Å². The Balaban J connectivity index is 2.36. The zero-order valence-electron chi connectivity index (χ0n) is 8.27. The van der Waals surface area contributed by atoms with Crippen LogP contribution in [-0.4, -0.2) is 4.98 Å². The largest absolute Gasteiger partial charge is 0.320 e. The Morgan fingerprint density at radius 2 is 2.20 bits per heavy atom. The van der Waals surface area contributed by atoms with Crippen molar-refractivity contribution >= 4 is 22.9 Å². The van der Waals surface area contributed by atoms with Gasteiger partial charge >= 0.3 is 0 Å². The number of thiophene rings is 1. The lowest BCUT2D eigenvalue weighted by Gasteiger charge is -2.10. The SMILES string of the molecule is Cc1ccc(C(N)c2ccncc2Cl)s1. The molecule has 4 heteroatoms. The number of pyridine rings is 1. The fourth-order valence-electron chi connectivity index (χ4n) is 1.41. The van der Waals surface area contributed by atoms with E-state index < -0.39 is 0 Å². The summed E-state index contributed by atoms with van der Waals surface area (Å²) in [6.07, 6.45) is 3.33. The van der Waals surface area contributed by atoms with E-state index in [1.165, 1.54) is 4.88 Å². The maximum atomic E-state index is 6.13. The predicted molar refractivity (Wildman–Crippen MR) is 64.3 cm³/mol. The lowest BCUT2D eigenvalue weighted by atomic mass is 10.1. The third-order valence-corrected chi connectivity index (χ3v) is 3.61. The molecule has 2 nitrogen and oxygen atoms in total. The number of rotatable bonds is 2. The van der Waals surface area contributed by atoms with Crippen LogP contribution < -0.4 is 5.73 Å². The summed E-state index contributed by atoms with van der Waals surface area (Å²) in [7, 11) is 0. The Kier molecular flexibility index (Phi) is 3.05. The average molecular weight is 239 g/mol. The van der Waals surface area contributed by atoms with Gasteiger partial charge in [0.05, 0.1) is 11.1 Å². The standard InChI is InChI=1S/C11H11ClN2S/c1-7-2-3-10(15-7)11(13)8-4-5-14-6-9(8)12/h2-6,11H,13H2,1H3. The first-order valence-electron chi connectivity index (χ1n) is 4.60. The lowest BCUT2D eigenvalue weighted by Crippen LogP contribution is -2.10. The van der Waals surface area contributed by atoms with Crippen LogP contribution in [0.4, 0.5) is 0 Å². The molecule has 78 valence electrons. The van der Waals surface area contributed by atoms with Crippen LogP contribution in [0.2, 0.25) is 5.02 Å². The highest BCUT2D eigenvalue weighted by Crippen LogP contribution is 2.29. The highest BCUT2D eigenvalue weighted by atomic mass is 35.5. The number of nitrogens with zero attached hydrogens (tertiary/aromatic N) is 1. The van der Waals surface area contributed by atoms with Crippen molar-refractivity contribution in [1.82, 2.24) is 4.98 Å². The molecule has 0 bridgehead atoms. The van der Waals surface area contributed by atoms with E-state index in [9.17, 15) is 0 Å². The van der Waals surface area contributed by atoms with Crippen LogP contribution in [0.5, 0.6) is 0 Å². The molecule has 2 N–H and O–H groups in total. The molecule has 0 aliphatic carbocycles. The highest BCUT2D eigenvalue weighted by Gasteiger charge is 2.13. The second kappa shape index (κ2) is 4.31. The fraction of sp³-hybridized carbons (Fsp3) is 0.182. The molecule has 0 aromatic carbocycles. The van der Waals surface area contributed by atoms with E-state index in [1.54, 1.807) is 23.7 Å². The molecule has 0 saturated carbocycles. The van der Waals surface area contributed by atoms with Crippen molar-refractivity contribution in [1.29, 1.82) is 0 Å². The van der Waals surface area contributed by atoms with Crippen LogP contribution in [0.1, 0.15) is 21.4 Å². The highest BCUT2D eigenvalue weighted by molar-refractivity contribution is 7.12. The summed E-state index contributed by atoms with van der Waals surface area (Å²) in [5, 5.41) is 0.621. The van der Waals surface area contributed by atoms with Crippen LogP contribution in [0.15, 0.2) is 30.6 Å². The van der Waals surface area contributed by atoms with Gasteiger partial charge in [-0.2, -0.15) is 0 Å². The van der Waals surface area contributed by atoms with E-state index in [2.05, 4.69) is 18.0 Å². The van der Waals surface area contributed by atoms with E-state index in [4.69, 9.17) is 17.3 Å². The van der Waals surface area contributed by atoms with Gasteiger partial charge in [0.15, 0.2) is 0 Å². The third kappa shape index (κ3) is 2.20. The van der Waals surface area contributed by atoms with Crippen LogP contribution in [0.25, 0.3) is 0 Å². The first kappa shape index (κ1) is 10.6. The van der Waals surface area contributed by atoms with Gasteiger partial charge in [-0.15, -0.1) is 11.3 Å². The molecule has 1 unspecified atom stereocenters. The number of aromatic nitrogens is 1. The fourth-order valence-corrected chi connectivity index (χ4v) is 2.55. The quantitative estimate of drug-likeness (QED) is 0.873. The van der Waals surface area contributed by atoms with Gasteiger partial charge in [-0.3, -0.25) is 4.98 Å². The first-order valence-corrected chi connectivity index (χ1v) is 5.79. The van der Waals surface area contributed by atoms with Gasteiger partial charge in [-0.25, -0.2) is 0 Å². The molecule has 0 amide bonds. The van der Waals surface area contributed by atoms with Crippen molar-refractivity contribution in [2.24, 2.45) is 5.73 Å². The summed E-state index contributed by atoms with van der Waals surface area (Å²) in [6, 6.07) is 5.82. The van der Waals surface area contributed by atoms with E-state index in [1.807, 2.05) is 12.1 Å². The molecule has 2 aromatic rings. The normalized spacial score (nSPS) is 12.7. The molecule has 0 saturated heterocycles. The molecular weight excluding hydrogens is 228 g/mol. The molecule has 0 fully saturated rings. The molecule has 0 aliphatic heterocycles. The van der Waals surface area contributed by atoms with Crippen molar-refractivity contribution in [3.8, 4) is 0 Å². The monoisotopic (exact) mass is 238 g/mol. The maximum Gasteiger partial charge on any atom is 0.0661 e. The number of halogens is 1. The van der Waals surface area contributed by atoms with Gasteiger partial charge < -0.3 is 5.73 Å². The Labute approximate surface area is 97.7 Å². The zero-order chi connectivity index (χ0) is 10.8. The minimum atomic E-state index is -0.154. The van der Waals surface area contributed by atoms with Crippen LogP contribution in [0, 0.1) is 6.92 Å². The van der Waals surface area contributed by atoms with Gasteiger partial charge in [0.2, 0.25) is 0 Å². The summed E-state index contributed by atoms with van der Waals surface area (Å²) in [5.41, 5.74) is 7.05. The van der Waals surface area contributed by atoms with E-state index in [0.29, 0.717) is 5.02 Å². The van der Waals surface area contributed by atoms with Gasteiger partial charge in [-0.1, -0.05) is 11.6 Å². The van der Waals surface area contributed by atoms with Gasteiger partial charge in [0, 0.05) is 22.1 Å². The van der Waals surface area contributed by atoms with Crippen LogP contribution >= 0.6 is 22.9 Å². The van der Waals surface area contributed by atoms with Crippen molar-refractivity contribution in [3.05, 3.63) is 50.9 Å². The van der Waals surface area contributed by atoms with Crippen molar-refractivity contribution in [2.75, 3.05) is 0 Å². The summed E-state index contributed by atoms with van der Waals surface area (Å²) in [4.78, 5) is 6.32. The van der Waals surface area contributed by atoms with Gasteiger partial charge in [0.25, 0.3) is 0 Å². The lowest BCUT2D eigenvalue weighted by molar-refractivity contribution is 0.889. The minimum absolute atomic E-state index is 0.154. The zero-order valence-corrected chi connectivity index (χ0v) is 9.85. The number of aryl methyl sites for hydroxylation is 1. The third-order valence-electron chi connectivity index (χ3n) is 2.21. The topological polar surface area (TPSA) is 38.9 Å².